The van der Waals surface area contributed by atoms with E-state index in [1.165, 1.54) is 0 Å². The summed E-state index contributed by atoms with van der Waals surface area (Å²) in [6.45, 7) is 11.9. The normalized spacial score (nSPS) is 22.7. The first-order valence-corrected chi connectivity index (χ1v) is 11.8. The van der Waals surface area contributed by atoms with Crippen molar-refractivity contribution in [2.45, 2.75) is 57.7 Å². The van der Waals surface area contributed by atoms with Gasteiger partial charge in [-0.05, 0) is 48.2 Å². The summed E-state index contributed by atoms with van der Waals surface area (Å²) in [6, 6.07) is 5.39. The number of Topliss-reactive ketones (excluding diaryl/α,β-unsaturated/α-hetero) is 1. The van der Waals surface area contributed by atoms with Gasteiger partial charge in [0, 0.05) is 29.0 Å². The maximum absolute atomic E-state index is 12.4. The van der Waals surface area contributed by atoms with Gasteiger partial charge in [0.15, 0.2) is 8.32 Å². The number of hydrogen-bond donors (Lipinski definition) is 0. The van der Waals surface area contributed by atoms with Crippen molar-refractivity contribution in [1.29, 1.82) is 0 Å². The van der Waals surface area contributed by atoms with Crippen LogP contribution in [0.1, 0.15) is 45.1 Å². The molecule has 0 N–H and O–H groups in total. The minimum absolute atomic E-state index is 0.118. The van der Waals surface area contributed by atoms with Gasteiger partial charge in [-0.1, -0.05) is 50.0 Å². The van der Waals surface area contributed by atoms with Gasteiger partial charge in [-0.2, -0.15) is 0 Å². The van der Waals surface area contributed by atoms with Crippen LogP contribution in [0.15, 0.2) is 18.2 Å². The number of hydrogen-bond acceptors (Lipinski definition) is 2. The minimum atomic E-state index is -1.77. The van der Waals surface area contributed by atoms with Crippen molar-refractivity contribution in [3.8, 4) is 0 Å². The van der Waals surface area contributed by atoms with Gasteiger partial charge in [0.05, 0.1) is 0 Å². The van der Waals surface area contributed by atoms with E-state index in [1.54, 1.807) is 12.1 Å². The highest BCUT2D eigenvalue weighted by Crippen LogP contribution is 2.41. The van der Waals surface area contributed by atoms with Crippen LogP contribution in [0.5, 0.6) is 0 Å². The number of ketones is 1. The van der Waals surface area contributed by atoms with Crippen molar-refractivity contribution in [3.05, 3.63) is 33.8 Å². The molecule has 2 nitrogen and oxygen atoms in total. The summed E-state index contributed by atoms with van der Waals surface area (Å²) < 4.78 is 6.29. The molecule has 2 rings (SSSR count). The van der Waals surface area contributed by atoms with Crippen molar-refractivity contribution >= 4 is 37.3 Å². The van der Waals surface area contributed by atoms with E-state index in [1.807, 2.05) is 6.07 Å². The molecule has 2 atom stereocenters. The third-order valence-electron chi connectivity index (χ3n) is 5.27. The summed E-state index contributed by atoms with van der Waals surface area (Å²) >= 11 is 12.2. The van der Waals surface area contributed by atoms with Crippen LogP contribution in [0.25, 0.3) is 0 Å². The molecule has 0 bridgehead atoms. The fourth-order valence-corrected chi connectivity index (χ4v) is 4.35. The zero-order valence-corrected chi connectivity index (χ0v) is 17.1. The van der Waals surface area contributed by atoms with E-state index in [0.717, 1.165) is 12.0 Å². The Bertz CT molecular complexity index is 593. The van der Waals surface area contributed by atoms with E-state index in [4.69, 9.17) is 27.6 Å². The molecule has 1 aromatic rings. The first-order chi connectivity index (χ1) is 10.5. The highest BCUT2D eigenvalue weighted by atomic mass is 35.5. The lowest BCUT2D eigenvalue weighted by molar-refractivity contribution is -0.118. The SMILES string of the molecule is CC(C)(C)[Si](C)(C)OCC1CC(=O)C(c2ccc(Cl)cc2Cl)C1. The van der Waals surface area contributed by atoms with Crippen molar-refractivity contribution in [1.82, 2.24) is 0 Å². The molecule has 128 valence electrons. The molecule has 1 aliphatic carbocycles. The van der Waals surface area contributed by atoms with Gasteiger partial charge in [0.25, 0.3) is 0 Å². The van der Waals surface area contributed by atoms with Gasteiger partial charge in [0.2, 0.25) is 0 Å². The molecule has 0 aliphatic heterocycles. The Labute approximate surface area is 150 Å². The molecule has 0 aromatic heterocycles. The number of carbonyl (C=O) groups excluding carboxylic acids is 1. The minimum Gasteiger partial charge on any atom is -0.417 e. The molecule has 23 heavy (non-hydrogen) atoms. The van der Waals surface area contributed by atoms with E-state index in [0.29, 0.717) is 23.1 Å². The Balaban J connectivity index is 2.03. The first-order valence-electron chi connectivity index (χ1n) is 8.13. The summed E-state index contributed by atoms with van der Waals surface area (Å²) in [7, 11) is -1.77. The van der Waals surface area contributed by atoms with Crippen LogP contribution in [0, 0.1) is 5.92 Å². The highest BCUT2D eigenvalue weighted by Gasteiger charge is 2.40. The Kier molecular flexibility index (Phi) is 5.67. The van der Waals surface area contributed by atoms with Crippen LogP contribution in [-0.4, -0.2) is 20.7 Å². The molecular formula is C18H26Cl2O2Si. The molecule has 2 unspecified atom stereocenters. The summed E-state index contributed by atoms with van der Waals surface area (Å²) in [6.07, 6.45) is 1.40. The van der Waals surface area contributed by atoms with Crippen molar-refractivity contribution < 1.29 is 9.22 Å². The van der Waals surface area contributed by atoms with E-state index in [2.05, 4.69) is 33.9 Å². The van der Waals surface area contributed by atoms with Crippen molar-refractivity contribution in [2.24, 2.45) is 5.92 Å². The maximum atomic E-state index is 12.4. The molecule has 1 aromatic carbocycles. The predicted octanol–water partition coefficient (Wildman–Crippen LogP) is 6.08. The Morgan fingerprint density at radius 1 is 1.26 bits per heavy atom. The smallest absolute Gasteiger partial charge is 0.191 e. The van der Waals surface area contributed by atoms with Gasteiger partial charge < -0.3 is 4.43 Å². The fraction of sp³-hybridized carbons (Fsp3) is 0.611. The van der Waals surface area contributed by atoms with E-state index in [9.17, 15) is 4.79 Å². The quantitative estimate of drug-likeness (QED) is 0.598. The van der Waals surface area contributed by atoms with E-state index in [-0.39, 0.29) is 22.7 Å². The molecule has 5 heteroatoms. The third kappa shape index (κ3) is 4.39. The van der Waals surface area contributed by atoms with Crippen LogP contribution in [0.2, 0.25) is 28.2 Å². The largest absolute Gasteiger partial charge is 0.417 e. The third-order valence-corrected chi connectivity index (χ3v) is 10.3. The highest BCUT2D eigenvalue weighted by molar-refractivity contribution is 6.74. The standard InChI is InChI=1S/C18H26Cl2O2Si/c1-18(2,3)23(4,5)22-11-12-8-15(17(21)9-12)14-7-6-13(19)10-16(14)20/h6-7,10,12,15H,8-9,11H2,1-5H3. The summed E-state index contributed by atoms with van der Waals surface area (Å²) in [5.41, 5.74) is 0.899. The zero-order chi connectivity index (χ0) is 17.4. The summed E-state index contributed by atoms with van der Waals surface area (Å²) in [4.78, 5) is 12.4. The van der Waals surface area contributed by atoms with E-state index < -0.39 is 8.32 Å². The fourth-order valence-electron chi connectivity index (χ4n) is 2.73. The van der Waals surface area contributed by atoms with Gasteiger partial charge in [-0.3, -0.25) is 4.79 Å². The first kappa shape index (κ1) is 19.0. The Hall–Kier alpha value is -0.353. The Morgan fingerprint density at radius 3 is 2.48 bits per heavy atom. The zero-order valence-electron chi connectivity index (χ0n) is 14.6. The van der Waals surface area contributed by atoms with Crippen molar-refractivity contribution in [2.75, 3.05) is 6.61 Å². The average Bonchev–Trinajstić information content (AvgIpc) is 2.76. The molecule has 0 amide bonds. The number of benzene rings is 1. The molecule has 0 heterocycles. The molecular weight excluding hydrogens is 347 g/mol. The molecule has 1 aliphatic rings. The molecule has 0 saturated heterocycles. The monoisotopic (exact) mass is 372 g/mol. The van der Waals surface area contributed by atoms with Gasteiger partial charge in [-0.25, -0.2) is 0 Å². The van der Waals surface area contributed by atoms with Gasteiger partial charge in [-0.15, -0.1) is 0 Å². The number of halogens is 2. The molecule has 0 spiro atoms. The number of rotatable bonds is 4. The van der Waals surface area contributed by atoms with Crippen LogP contribution in [0.4, 0.5) is 0 Å². The summed E-state index contributed by atoms with van der Waals surface area (Å²) in [5.74, 6) is 0.430. The van der Waals surface area contributed by atoms with Gasteiger partial charge in [0.1, 0.15) is 5.78 Å². The maximum Gasteiger partial charge on any atom is 0.191 e. The van der Waals surface area contributed by atoms with E-state index >= 15 is 0 Å². The van der Waals surface area contributed by atoms with Crippen LogP contribution < -0.4 is 0 Å². The van der Waals surface area contributed by atoms with Crippen molar-refractivity contribution in [3.63, 3.8) is 0 Å². The molecule has 1 fully saturated rings. The summed E-state index contributed by atoms with van der Waals surface area (Å²) in [5, 5.41) is 1.37. The second kappa shape index (κ2) is 6.87. The Morgan fingerprint density at radius 2 is 1.91 bits per heavy atom. The second-order valence-electron chi connectivity index (χ2n) is 8.06. The predicted molar refractivity (Wildman–Crippen MR) is 100 cm³/mol. The number of carbonyl (C=O) groups is 1. The average molecular weight is 373 g/mol. The van der Waals surface area contributed by atoms with Crippen LogP contribution >= 0.6 is 23.2 Å². The lowest BCUT2D eigenvalue weighted by atomic mass is 9.96. The molecule has 0 radical (unpaired) electrons. The van der Waals surface area contributed by atoms with Gasteiger partial charge >= 0.3 is 0 Å². The van der Waals surface area contributed by atoms with Crippen LogP contribution in [-0.2, 0) is 9.22 Å². The topological polar surface area (TPSA) is 26.3 Å². The van der Waals surface area contributed by atoms with Crippen LogP contribution in [0.3, 0.4) is 0 Å². The lowest BCUT2D eigenvalue weighted by Crippen LogP contribution is -2.41. The molecule has 1 saturated carbocycles. The second-order valence-corrected chi connectivity index (χ2v) is 13.7. The lowest BCUT2D eigenvalue weighted by Gasteiger charge is -2.37.